The molecule has 1 aromatic carbocycles. The van der Waals surface area contributed by atoms with Crippen molar-refractivity contribution in [3.8, 4) is 11.3 Å². The molecule has 0 aliphatic carbocycles. The average molecular weight is 252 g/mol. The van der Waals surface area contributed by atoms with Crippen LogP contribution in [0.4, 0.5) is 5.69 Å². The second kappa shape index (κ2) is 4.53. The van der Waals surface area contributed by atoms with E-state index in [1.807, 2.05) is 54.0 Å². The number of imidazole rings is 1. The molecule has 0 saturated heterocycles. The first-order valence-corrected chi connectivity index (χ1v) is 5.89. The third kappa shape index (κ3) is 2.18. The summed E-state index contributed by atoms with van der Waals surface area (Å²) in [5, 5.41) is 2.60. The van der Waals surface area contributed by atoms with Gasteiger partial charge >= 0.3 is 0 Å². The zero-order valence-electron chi connectivity index (χ0n) is 10.4. The first kappa shape index (κ1) is 11.4. The number of hydrogen-bond donors (Lipinski definition) is 1. The van der Waals surface area contributed by atoms with E-state index in [-0.39, 0.29) is 0 Å². The minimum Gasteiger partial charge on any atom is -0.329 e. The summed E-state index contributed by atoms with van der Waals surface area (Å²) in [6.07, 6.45) is 4.53. The molecule has 0 saturated carbocycles. The Morgan fingerprint density at radius 3 is 2.68 bits per heavy atom. The fraction of sp³-hybridized carbons (Fsp3) is 0.0714. The smallest absolute Gasteiger partial charge is 0.234 e. The lowest BCUT2D eigenvalue weighted by molar-refractivity contribution is -0.105. The van der Waals surface area contributed by atoms with E-state index in [4.69, 9.17) is 0 Å². The number of aryl methyl sites for hydroxylation is 1. The second-order valence-corrected chi connectivity index (χ2v) is 4.24. The van der Waals surface area contributed by atoms with Crippen LogP contribution in [0, 0.1) is 6.92 Å². The molecule has 0 aliphatic heterocycles. The number of amides is 1. The van der Waals surface area contributed by atoms with Crippen LogP contribution in [0.3, 0.4) is 0 Å². The number of hydrogen-bond acceptors (Lipinski definition) is 3. The van der Waals surface area contributed by atoms with Crippen LogP contribution in [-0.2, 0) is 4.79 Å². The zero-order chi connectivity index (χ0) is 13.2. The molecule has 1 amide bonds. The Kier molecular flexibility index (Phi) is 2.72. The van der Waals surface area contributed by atoms with E-state index in [9.17, 15) is 4.79 Å². The molecule has 3 aromatic rings. The van der Waals surface area contributed by atoms with Gasteiger partial charge in [-0.3, -0.25) is 9.20 Å². The van der Waals surface area contributed by atoms with E-state index in [2.05, 4.69) is 15.3 Å². The van der Waals surface area contributed by atoms with Crippen molar-refractivity contribution >= 4 is 17.9 Å². The van der Waals surface area contributed by atoms with Gasteiger partial charge in [-0.05, 0) is 25.1 Å². The summed E-state index contributed by atoms with van der Waals surface area (Å²) in [6.45, 7) is 1.94. The highest BCUT2D eigenvalue weighted by Crippen LogP contribution is 2.20. The molecule has 5 heteroatoms. The Morgan fingerprint density at radius 1 is 1.16 bits per heavy atom. The molecule has 0 radical (unpaired) electrons. The van der Waals surface area contributed by atoms with Gasteiger partial charge in [0.25, 0.3) is 0 Å². The molecule has 2 heterocycles. The normalized spacial score (nSPS) is 10.6. The number of aromatic nitrogens is 3. The second-order valence-electron chi connectivity index (χ2n) is 4.24. The summed E-state index contributed by atoms with van der Waals surface area (Å²) in [6, 6.07) is 9.45. The predicted molar refractivity (Wildman–Crippen MR) is 72.8 cm³/mol. The lowest BCUT2D eigenvalue weighted by atomic mass is 10.1. The van der Waals surface area contributed by atoms with Gasteiger partial charge in [0.05, 0.1) is 5.69 Å². The molecule has 19 heavy (non-hydrogen) atoms. The van der Waals surface area contributed by atoms with E-state index in [0.717, 1.165) is 22.6 Å². The van der Waals surface area contributed by atoms with Crippen molar-refractivity contribution in [3.05, 3.63) is 48.4 Å². The van der Waals surface area contributed by atoms with E-state index in [0.29, 0.717) is 12.2 Å². The van der Waals surface area contributed by atoms with Gasteiger partial charge in [0.2, 0.25) is 12.2 Å². The Bertz CT molecular complexity index is 731. The fourth-order valence-corrected chi connectivity index (χ4v) is 1.90. The maximum absolute atomic E-state index is 10.3. The van der Waals surface area contributed by atoms with Gasteiger partial charge in [-0.1, -0.05) is 12.1 Å². The van der Waals surface area contributed by atoms with E-state index < -0.39 is 0 Å². The van der Waals surface area contributed by atoms with E-state index in [1.165, 1.54) is 0 Å². The van der Waals surface area contributed by atoms with E-state index >= 15 is 0 Å². The number of fused-ring (bicyclic) bond motifs is 1. The third-order valence-corrected chi connectivity index (χ3v) is 2.87. The van der Waals surface area contributed by atoms with Crippen molar-refractivity contribution in [1.29, 1.82) is 0 Å². The molecule has 0 fully saturated rings. The number of nitrogens with zero attached hydrogens (tertiary/aromatic N) is 3. The predicted octanol–water partition coefficient (Wildman–Crippen LogP) is 2.27. The van der Waals surface area contributed by atoms with Gasteiger partial charge in [-0.25, -0.2) is 9.97 Å². The highest BCUT2D eigenvalue weighted by Gasteiger charge is 2.05. The topological polar surface area (TPSA) is 59.3 Å². The molecule has 0 spiro atoms. The molecule has 5 nitrogen and oxygen atoms in total. The summed E-state index contributed by atoms with van der Waals surface area (Å²) in [5.74, 6) is 0.685. The lowest BCUT2D eigenvalue weighted by Crippen LogP contribution is -1.92. The van der Waals surface area contributed by atoms with Crippen LogP contribution in [0.1, 0.15) is 5.69 Å². The van der Waals surface area contributed by atoms with Crippen LogP contribution < -0.4 is 5.32 Å². The molecule has 0 atom stereocenters. The van der Waals surface area contributed by atoms with Crippen molar-refractivity contribution < 1.29 is 4.79 Å². The number of carbonyl (C=O) groups is 1. The molecule has 0 bridgehead atoms. The van der Waals surface area contributed by atoms with Crippen molar-refractivity contribution in [2.24, 2.45) is 0 Å². The molecule has 0 unspecified atom stereocenters. The van der Waals surface area contributed by atoms with Crippen LogP contribution in [0.2, 0.25) is 0 Å². The maximum Gasteiger partial charge on any atom is 0.234 e. The standard InChI is InChI=1S/C14H12N4O/c1-10-6-7-18-8-13(17-14(18)16-10)11-2-4-12(5-3-11)15-9-19/h2-9H,1H3,(H,15,19). The van der Waals surface area contributed by atoms with Gasteiger partial charge in [0, 0.05) is 29.3 Å². The van der Waals surface area contributed by atoms with Gasteiger partial charge in [0.1, 0.15) is 0 Å². The Balaban J connectivity index is 2.01. The maximum atomic E-state index is 10.3. The minimum atomic E-state index is 0.659. The minimum absolute atomic E-state index is 0.659. The number of carbonyl (C=O) groups excluding carboxylic acids is 1. The Labute approximate surface area is 109 Å². The molecule has 2 aromatic heterocycles. The van der Waals surface area contributed by atoms with Gasteiger partial charge in [0.15, 0.2) is 0 Å². The summed E-state index contributed by atoms with van der Waals surface area (Å²) in [5.41, 5.74) is 3.54. The van der Waals surface area contributed by atoms with Crippen molar-refractivity contribution in [3.63, 3.8) is 0 Å². The van der Waals surface area contributed by atoms with Crippen molar-refractivity contribution in [2.75, 3.05) is 5.32 Å². The van der Waals surface area contributed by atoms with Crippen LogP contribution in [0.15, 0.2) is 42.7 Å². The Hall–Kier alpha value is -2.69. The van der Waals surface area contributed by atoms with Crippen LogP contribution in [-0.4, -0.2) is 20.8 Å². The summed E-state index contributed by atoms with van der Waals surface area (Å²) >= 11 is 0. The molecular weight excluding hydrogens is 240 g/mol. The first-order chi connectivity index (χ1) is 9.26. The van der Waals surface area contributed by atoms with Crippen molar-refractivity contribution in [1.82, 2.24) is 14.4 Å². The quantitative estimate of drug-likeness (QED) is 0.727. The molecule has 3 rings (SSSR count). The highest BCUT2D eigenvalue weighted by atomic mass is 16.1. The first-order valence-electron chi connectivity index (χ1n) is 5.89. The van der Waals surface area contributed by atoms with E-state index in [1.54, 1.807) is 0 Å². The highest BCUT2D eigenvalue weighted by molar-refractivity contribution is 5.73. The average Bonchev–Trinajstić information content (AvgIpc) is 2.83. The van der Waals surface area contributed by atoms with Crippen LogP contribution in [0.25, 0.3) is 17.0 Å². The molecule has 1 N–H and O–H groups in total. The van der Waals surface area contributed by atoms with Crippen LogP contribution >= 0.6 is 0 Å². The molecule has 0 aliphatic rings. The SMILES string of the molecule is Cc1ccn2cc(-c3ccc(NC=O)cc3)nc2n1. The van der Waals surface area contributed by atoms with Crippen molar-refractivity contribution in [2.45, 2.75) is 6.92 Å². The van der Waals surface area contributed by atoms with Gasteiger partial charge < -0.3 is 5.32 Å². The monoisotopic (exact) mass is 252 g/mol. The number of rotatable bonds is 3. The zero-order valence-corrected chi connectivity index (χ0v) is 10.4. The largest absolute Gasteiger partial charge is 0.329 e. The van der Waals surface area contributed by atoms with Gasteiger partial charge in [-0.2, -0.15) is 0 Å². The molecular formula is C14H12N4O. The Morgan fingerprint density at radius 2 is 1.95 bits per heavy atom. The number of anilines is 1. The number of benzene rings is 1. The fourth-order valence-electron chi connectivity index (χ4n) is 1.90. The van der Waals surface area contributed by atoms with Crippen LogP contribution in [0.5, 0.6) is 0 Å². The summed E-state index contributed by atoms with van der Waals surface area (Å²) in [7, 11) is 0. The lowest BCUT2D eigenvalue weighted by Gasteiger charge is -1.99. The number of nitrogens with one attached hydrogen (secondary N) is 1. The summed E-state index contributed by atoms with van der Waals surface area (Å²) < 4.78 is 1.89. The molecule has 94 valence electrons. The van der Waals surface area contributed by atoms with Gasteiger partial charge in [-0.15, -0.1) is 0 Å². The summed E-state index contributed by atoms with van der Waals surface area (Å²) in [4.78, 5) is 19.2. The third-order valence-electron chi connectivity index (χ3n) is 2.87.